The van der Waals surface area contributed by atoms with Gasteiger partial charge in [-0.05, 0) is 25.9 Å². The summed E-state index contributed by atoms with van der Waals surface area (Å²) in [5.74, 6) is -0.417. The maximum absolute atomic E-state index is 13.2. The fraction of sp³-hybridized carbons (Fsp3) is 0.455. The molecule has 0 aliphatic carbocycles. The molecule has 0 unspecified atom stereocenters. The lowest BCUT2D eigenvalue weighted by atomic mass is 10.1. The number of fused-ring (bicyclic) bond motifs is 1. The summed E-state index contributed by atoms with van der Waals surface area (Å²) < 4.78 is 14.8. The van der Waals surface area contributed by atoms with Gasteiger partial charge in [0, 0.05) is 33.8 Å². The number of nitrogens with one attached hydrogen (secondary N) is 2. The summed E-state index contributed by atoms with van der Waals surface area (Å²) in [7, 11) is 8.22. The highest BCUT2D eigenvalue weighted by Crippen LogP contribution is 2.21. The molecule has 0 saturated carbocycles. The molecule has 104 valence electrons. The van der Waals surface area contributed by atoms with E-state index < -0.39 is 5.82 Å². The molecule has 1 fully saturated rings. The first-order valence-corrected chi connectivity index (χ1v) is 7.01. The van der Waals surface area contributed by atoms with Gasteiger partial charge in [-0.3, -0.25) is 9.55 Å². The van der Waals surface area contributed by atoms with E-state index in [2.05, 4.69) is 37.0 Å². The molecule has 0 amide bonds. The number of aromatic amines is 1. The largest absolute Gasteiger partial charge is 0.327 e. The van der Waals surface area contributed by atoms with Crippen molar-refractivity contribution in [3.05, 3.63) is 28.6 Å². The Balaban J connectivity index is 0.000000637. The highest BCUT2D eigenvalue weighted by molar-refractivity contribution is 6.85. The molecule has 2 aromatic heterocycles. The second-order valence-corrected chi connectivity index (χ2v) is 4.30. The van der Waals surface area contributed by atoms with Crippen molar-refractivity contribution < 1.29 is 4.39 Å². The monoisotopic (exact) mass is 306 g/mol. The van der Waals surface area contributed by atoms with Crippen molar-refractivity contribution in [2.24, 2.45) is 0 Å². The van der Waals surface area contributed by atoms with Gasteiger partial charge in [0.2, 0.25) is 0 Å². The van der Waals surface area contributed by atoms with E-state index in [0.717, 1.165) is 32.1 Å². The number of H-pyrrole nitrogens is 1. The lowest BCUT2D eigenvalue weighted by Crippen LogP contribution is -2.33. The highest BCUT2D eigenvalue weighted by atomic mass is 36.5. The van der Waals surface area contributed by atoms with Crippen LogP contribution in [0.4, 0.5) is 4.39 Å². The van der Waals surface area contributed by atoms with Gasteiger partial charge in [0.1, 0.15) is 5.82 Å². The minimum absolute atomic E-state index is 0.126. The Morgan fingerprint density at radius 3 is 2.74 bits per heavy atom. The average Bonchev–Trinajstić information content (AvgIpc) is 2.77. The van der Waals surface area contributed by atoms with E-state index in [1.807, 2.05) is 0 Å². The zero-order chi connectivity index (χ0) is 13.8. The van der Waals surface area contributed by atoms with Crippen molar-refractivity contribution in [2.45, 2.75) is 18.9 Å². The normalized spacial score (nSPS) is 16.2. The molecule has 3 heterocycles. The van der Waals surface area contributed by atoms with E-state index in [-0.39, 0.29) is 11.7 Å². The Labute approximate surface area is 118 Å². The molecule has 0 bridgehead atoms. The number of rotatable bonds is 1. The summed E-state index contributed by atoms with van der Waals surface area (Å²) in [5.41, 5.74) is 0.807. The van der Waals surface area contributed by atoms with E-state index >= 15 is 0 Å². The van der Waals surface area contributed by atoms with E-state index in [1.54, 1.807) is 4.57 Å². The van der Waals surface area contributed by atoms with E-state index in [4.69, 9.17) is 0 Å². The number of hydrogen-bond donors (Lipinski definition) is 2. The molecule has 8 heteroatoms. The number of piperidine rings is 1. The molecule has 0 aromatic carbocycles. The minimum atomic E-state index is -0.417. The fourth-order valence-electron chi connectivity index (χ4n) is 2.41. The van der Waals surface area contributed by atoms with Crippen molar-refractivity contribution in [3.8, 4) is 0 Å². The van der Waals surface area contributed by atoms with Crippen LogP contribution >= 0.6 is 21.7 Å². The van der Waals surface area contributed by atoms with Crippen LogP contribution in [0.3, 0.4) is 0 Å². The van der Waals surface area contributed by atoms with Crippen LogP contribution in [0.2, 0.25) is 0 Å². The Bertz CT molecular complexity index is 606. The number of hydrogen-bond acceptors (Lipinski definition) is 3. The van der Waals surface area contributed by atoms with Crippen LogP contribution in [0.25, 0.3) is 11.2 Å². The molecule has 0 atom stereocenters. The van der Waals surface area contributed by atoms with Crippen molar-refractivity contribution in [2.75, 3.05) is 13.1 Å². The van der Waals surface area contributed by atoms with Gasteiger partial charge < -0.3 is 5.32 Å². The number of nitrogens with zero attached hydrogens (tertiary/aromatic N) is 2. The third-order valence-electron chi connectivity index (χ3n) is 3.21. The van der Waals surface area contributed by atoms with Gasteiger partial charge in [0.05, 0.1) is 11.7 Å². The van der Waals surface area contributed by atoms with Crippen molar-refractivity contribution in [1.29, 1.82) is 0 Å². The molecule has 3 rings (SSSR count). The van der Waals surface area contributed by atoms with Gasteiger partial charge in [0.15, 0.2) is 5.65 Å². The summed E-state index contributed by atoms with van der Waals surface area (Å²) in [5, 5.41) is 3.24. The molecule has 5 nitrogen and oxygen atoms in total. The zero-order valence-electron chi connectivity index (χ0n) is 10.00. The molecular formula is C11H13Cl2FN4O. The SMILES string of the molecule is ClCl.O=c1[nH]c2ncc(F)cc2n1C1CCNCC1. The van der Waals surface area contributed by atoms with E-state index in [0.29, 0.717) is 11.2 Å². The van der Waals surface area contributed by atoms with Gasteiger partial charge in [0.25, 0.3) is 0 Å². The van der Waals surface area contributed by atoms with Crippen LogP contribution in [-0.4, -0.2) is 27.6 Å². The van der Waals surface area contributed by atoms with Gasteiger partial charge in [-0.25, -0.2) is 14.2 Å². The number of imidazole rings is 1. The standard InChI is InChI=1S/C11H13FN4O.Cl2/c12-7-5-9-10(14-6-7)15-11(17)16(9)8-1-3-13-4-2-8;1-2/h5-6,8,13H,1-4H2,(H,14,15,17);. The summed E-state index contributed by atoms with van der Waals surface area (Å²) in [6.45, 7) is 1.76. The average molecular weight is 307 g/mol. The van der Waals surface area contributed by atoms with Crippen molar-refractivity contribution in [3.63, 3.8) is 0 Å². The van der Waals surface area contributed by atoms with Crippen LogP contribution in [-0.2, 0) is 0 Å². The Morgan fingerprint density at radius 2 is 2.05 bits per heavy atom. The first-order chi connectivity index (χ1) is 9.25. The van der Waals surface area contributed by atoms with Gasteiger partial charge in [-0.1, -0.05) is 0 Å². The van der Waals surface area contributed by atoms with Gasteiger partial charge in [-0.2, -0.15) is 0 Å². The van der Waals surface area contributed by atoms with Crippen LogP contribution in [0.1, 0.15) is 18.9 Å². The van der Waals surface area contributed by atoms with Crippen LogP contribution in [0, 0.1) is 5.82 Å². The van der Waals surface area contributed by atoms with E-state index in [9.17, 15) is 9.18 Å². The molecule has 2 aromatic rings. The van der Waals surface area contributed by atoms with Crippen LogP contribution in [0.5, 0.6) is 0 Å². The molecule has 1 saturated heterocycles. The summed E-state index contributed by atoms with van der Waals surface area (Å²) in [4.78, 5) is 18.4. The molecule has 19 heavy (non-hydrogen) atoms. The second-order valence-electron chi connectivity index (χ2n) is 4.30. The maximum atomic E-state index is 13.2. The number of halogens is 3. The number of pyridine rings is 1. The highest BCUT2D eigenvalue weighted by Gasteiger charge is 2.20. The Hall–Kier alpha value is -1.11. The molecular weight excluding hydrogens is 294 g/mol. The van der Waals surface area contributed by atoms with E-state index in [1.165, 1.54) is 6.07 Å². The summed E-state index contributed by atoms with van der Waals surface area (Å²) in [6.07, 6.45) is 2.87. The van der Waals surface area contributed by atoms with Crippen LogP contribution in [0.15, 0.2) is 17.1 Å². The summed E-state index contributed by atoms with van der Waals surface area (Å²) in [6, 6.07) is 1.49. The first-order valence-electron chi connectivity index (χ1n) is 5.86. The van der Waals surface area contributed by atoms with Gasteiger partial charge in [-0.15, -0.1) is 0 Å². The Morgan fingerprint density at radius 1 is 1.37 bits per heavy atom. The zero-order valence-corrected chi connectivity index (χ0v) is 11.5. The van der Waals surface area contributed by atoms with Crippen molar-refractivity contribution in [1.82, 2.24) is 19.9 Å². The molecule has 1 aliphatic heterocycles. The predicted octanol–water partition coefficient (Wildman–Crippen LogP) is 2.17. The predicted molar refractivity (Wildman–Crippen MR) is 73.2 cm³/mol. The van der Waals surface area contributed by atoms with Crippen LogP contribution < -0.4 is 11.0 Å². The van der Waals surface area contributed by atoms with Crippen molar-refractivity contribution >= 4 is 32.9 Å². The quantitative estimate of drug-likeness (QED) is 0.849. The molecule has 0 radical (unpaired) electrons. The second kappa shape index (κ2) is 6.36. The Kier molecular flexibility index (Phi) is 4.79. The lowest BCUT2D eigenvalue weighted by Gasteiger charge is -2.23. The minimum Gasteiger partial charge on any atom is -0.317 e. The third-order valence-corrected chi connectivity index (χ3v) is 3.21. The summed E-state index contributed by atoms with van der Waals surface area (Å²) >= 11 is 0. The smallest absolute Gasteiger partial charge is 0.317 e. The number of aromatic nitrogens is 3. The fourth-order valence-corrected chi connectivity index (χ4v) is 2.41. The maximum Gasteiger partial charge on any atom is 0.327 e. The van der Waals surface area contributed by atoms with Gasteiger partial charge >= 0.3 is 5.69 Å². The molecule has 0 spiro atoms. The third kappa shape index (κ3) is 2.91. The molecule has 1 aliphatic rings. The lowest BCUT2D eigenvalue weighted by molar-refractivity contribution is 0.368. The first kappa shape index (κ1) is 14.3. The topological polar surface area (TPSA) is 62.7 Å². The molecule has 2 N–H and O–H groups in total.